The number of carbonyl (C=O) groups excluding carboxylic acids is 7. The van der Waals surface area contributed by atoms with Crippen molar-refractivity contribution >= 4 is 52.8 Å². The van der Waals surface area contributed by atoms with Gasteiger partial charge in [0, 0.05) is 94.5 Å². The lowest BCUT2D eigenvalue weighted by Crippen LogP contribution is -2.49. The number of rotatable bonds is 5. The first-order valence-corrected chi connectivity index (χ1v) is 30.2. The van der Waals surface area contributed by atoms with E-state index >= 15 is 0 Å². The highest BCUT2D eigenvalue weighted by molar-refractivity contribution is 5.90. The largest absolute Gasteiger partial charge is 0.501 e. The number of epoxide rings is 1. The third-order valence-electron chi connectivity index (χ3n) is 14.0. The molecule has 10 rings (SSSR count). The van der Waals surface area contributed by atoms with E-state index in [0.717, 1.165) is 55.5 Å². The number of pyridine rings is 2. The van der Waals surface area contributed by atoms with Gasteiger partial charge in [0.25, 0.3) is 5.69 Å². The van der Waals surface area contributed by atoms with E-state index < -0.39 is 76.4 Å². The summed E-state index contributed by atoms with van der Waals surface area (Å²) >= 11 is 0. The highest BCUT2D eigenvalue weighted by Crippen LogP contribution is 2.34. The molecule has 3 amide bonds. The standard InChI is InChI=1S/C14H19N3O5.C14H21N3O3.C11H19NO4.C7H10O.2C6H8O2.C6H8O/c1-14(2,3)22-13(19)16-11-6-10-8(5-12(11)18)4-9(7-15-10)17(20)21;1-14(2,3)20-13(19)17-11-6-10-8(5-12(11)18)4-9(15)7-16-10;1-11(2,3)16-10(15)12-8-6-7(13)4-5-9(8)14;1-8-7-5-3-2-4-6-7;7-4-1-2-5-6(3-4)8-5;7-5-1-2-6(8)4-3-5;7-6-4-2-1-3-5-6/h4,7,11-12,18H,5-6H2,1-3H3,(H,16,19);4,7,11-12,18H,5-6,15H2,1-3H3,(H,17,19);8-9,14H,4-6H2,1-3H3,(H,12,15);2-3,6H,4-5H2,1H3;5-6H,1-3H2;1-2,5,7H,3-4H2;1-2H,3-5H2/t2*11-,12+;8-,9+;;;;/m111..../s1. The fourth-order valence-electron chi connectivity index (χ4n) is 9.49. The minimum atomic E-state index is -0.844. The molecule has 9 atom stereocenters. The SMILES string of the molecule is CC(C)(C)OC(=O)N[C@@H]1CC(=O)CC[C@@H]1O.CC(C)(C)OC(=O)N[C@@H]1Cc2ncc(N)cc2C[C@@H]1O.CC(C)(C)OC(=O)N[C@@H]1Cc2ncc([N+](=O)[O-])cc2C[C@@H]1O.COC1=CCC=CC1.O=C1C=CC(O)CC1.O=C1CC=CCC1.O=C1CCC2OC2C1. The molecule has 2 saturated carbocycles. The summed E-state index contributed by atoms with van der Waals surface area (Å²) in [7, 11) is 1.71. The monoisotopic (exact) mass is 1250 g/mol. The average Bonchev–Trinajstić information content (AvgIpc) is 3.00. The molecule has 8 aliphatic rings. The number of fused-ring (bicyclic) bond motifs is 3. The Labute approximate surface area is 520 Å². The molecule has 9 N–H and O–H groups in total. The fraction of sp³-hybridized carbons (Fsp3) is 0.609. The number of methoxy groups -OCH3 is 1. The zero-order valence-corrected chi connectivity index (χ0v) is 53.0. The minimum Gasteiger partial charge on any atom is -0.501 e. The second-order valence-electron chi connectivity index (χ2n) is 25.5. The molecular formula is C64H93N7O18. The van der Waals surface area contributed by atoms with Gasteiger partial charge in [-0.15, -0.1) is 0 Å². The number of aliphatic hydroxyl groups is 4. The molecule has 0 spiro atoms. The van der Waals surface area contributed by atoms with Crippen molar-refractivity contribution in [2.75, 3.05) is 12.8 Å². The molecule has 1 aliphatic heterocycles. The molecule has 3 fully saturated rings. The maximum absolute atomic E-state index is 11.8. The summed E-state index contributed by atoms with van der Waals surface area (Å²) < 4.78 is 25.5. The van der Waals surface area contributed by atoms with Crippen LogP contribution in [0.4, 0.5) is 25.8 Å². The molecule has 0 bridgehead atoms. The number of aromatic nitrogens is 2. The van der Waals surface area contributed by atoms with Crippen molar-refractivity contribution in [1.29, 1.82) is 0 Å². The predicted molar refractivity (Wildman–Crippen MR) is 329 cm³/mol. The van der Waals surface area contributed by atoms with Crippen molar-refractivity contribution < 1.29 is 82.6 Å². The number of alkyl carbamates (subject to hydrolysis) is 3. The fourth-order valence-corrected chi connectivity index (χ4v) is 9.49. The van der Waals surface area contributed by atoms with Gasteiger partial charge in [0.1, 0.15) is 40.3 Å². The van der Waals surface area contributed by atoms with Gasteiger partial charge in [-0.05, 0) is 124 Å². The van der Waals surface area contributed by atoms with Gasteiger partial charge in [0.2, 0.25) is 0 Å². The lowest BCUT2D eigenvalue weighted by atomic mass is 9.89. The third-order valence-corrected chi connectivity index (χ3v) is 14.0. The van der Waals surface area contributed by atoms with Crippen molar-refractivity contribution in [2.45, 2.75) is 243 Å². The Morgan fingerprint density at radius 1 is 0.618 bits per heavy atom. The number of allylic oxidation sites excluding steroid dienone is 6. The molecule has 25 nitrogen and oxygen atoms in total. The maximum atomic E-state index is 11.8. The lowest BCUT2D eigenvalue weighted by Gasteiger charge is -2.30. The van der Waals surface area contributed by atoms with Crippen LogP contribution in [0.3, 0.4) is 0 Å². The van der Waals surface area contributed by atoms with Crippen LogP contribution in [-0.4, -0.2) is 155 Å². The van der Waals surface area contributed by atoms with Gasteiger partial charge in [-0.25, -0.2) is 14.4 Å². The summed E-state index contributed by atoms with van der Waals surface area (Å²) in [6.45, 7) is 15.9. The first kappa shape index (κ1) is 74.0. The molecule has 0 radical (unpaired) electrons. The highest BCUT2D eigenvalue weighted by atomic mass is 16.6. The van der Waals surface area contributed by atoms with E-state index in [1.165, 1.54) is 24.4 Å². The summed E-state index contributed by atoms with van der Waals surface area (Å²) in [6.07, 6.45) is 22.8. The number of nitrogens with two attached hydrogens (primary N) is 1. The topological polar surface area (TPSA) is 381 Å². The lowest BCUT2D eigenvalue weighted by molar-refractivity contribution is -0.385. The summed E-state index contributed by atoms with van der Waals surface area (Å²) in [5, 5.41) is 57.2. The summed E-state index contributed by atoms with van der Waals surface area (Å²) in [5.74, 6) is 2.03. The molecule has 7 aliphatic carbocycles. The number of aliphatic hydroxyl groups excluding tert-OH is 4. The van der Waals surface area contributed by atoms with Crippen LogP contribution in [0, 0.1) is 10.1 Å². The minimum absolute atomic E-state index is 0.0614. The molecule has 492 valence electrons. The molecule has 3 heterocycles. The molecule has 89 heavy (non-hydrogen) atoms. The van der Waals surface area contributed by atoms with Gasteiger partial charge in [-0.2, -0.15) is 0 Å². The summed E-state index contributed by atoms with van der Waals surface area (Å²) in [4.78, 5) is 96.1. The Balaban J connectivity index is 0.000000232. The van der Waals surface area contributed by atoms with E-state index in [4.69, 9.17) is 34.5 Å². The van der Waals surface area contributed by atoms with Crippen LogP contribution in [0.5, 0.6) is 0 Å². The number of nitrogen functional groups attached to an aromatic ring is 1. The second-order valence-corrected chi connectivity index (χ2v) is 25.5. The third kappa shape index (κ3) is 29.6. The van der Waals surface area contributed by atoms with E-state index in [1.807, 2.05) is 12.1 Å². The number of carbonyl (C=O) groups is 7. The van der Waals surface area contributed by atoms with Crippen molar-refractivity contribution in [3.8, 4) is 0 Å². The Morgan fingerprint density at radius 3 is 1.55 bits per heavy atom. The number of nitro groups is 1. The van der Waals surface area contributed by atoms with Crippen molar-refractivity contribution in [1.82, 2.24) is 25.9 Å². The van der Waals surface area contributed by atoms with Crippen LogP contribution in [0.15, 0.2) is 72.8 Å². The number of nitrogens with one attached hydrogen (secondary N) is 3. The van der Waals surface area contributed by atoms with E-state index in [2.05, 4.69) is 50.2 Å². The number of anilines is 1. The molecule has 2 aromatic heterocycles. The normalized spacial score (nSPS) is 24.6. The average molecular weight is 1250 g/mol. The highest BCUT2D eigenvalue weighted by Gasteiger charge is 2.43. The number of nitrogens with zero attached hydrogens (tertiary/aromatic N) is 3. The van der Waals surface area contributed by atoms with Gasteiger partial charge in [0.15, 0.2) is 5.78 Å². The summed E-state index contributed by atoms with van der Waals surface area (Å²) in [6, 6.07) is 1.78. The zero-order valence-electron chi connectivity index (χ0n) is 53.0. The molecular weight excluding hydrogens is 1150 g/mol. The van der Waals surface area contributed by atoms with Crippen LogP contribution >= 0.6 is 0 Å². The van der Waals surface area contributed by atoms with Crippen LogP contribution < -0.4 is 21.7 Å². The number of ether oxygens (including phenoxy) is 5. The predicted octanol–water partition coefficient (Wildman–Crippen LogP) is 7.29. The van der Waals surface area contributed by atoms with Gasteiger partial charge >= 0.3 is 18.3 Å². The van der Waals surface area contributed by atoms with Gasteiger partial charge in [-0.1, -0.05) is 30.4 Å². The first-order valence-electron chi connectivity index (χ1n) is 30.2. The number of hydrogen-bond donors (Lipinski definition) is 8. The van der Waals surface area contributed by atoms with Gasteiger partial charge in [0.05, 0.1) is 84.4 Å². The molecule has 1 saturated heterocycles. The Hall–Kier alpha value is -7.45. The van der Waals surface area contributed by atoms with Gasteiger partial charge < -0.3 is 65.8 Å². The van der Waals surface area contributed by atoms with Crippen LogP contribution in [0.2, 0.25) is 0 Å². The molecule has 0 aromatic carbocycles. The second kappa shape index (κ2) is 35.1. The summed E-state index contributed by atoms with van der Waals surface area (Å²) in [5.41, 5.74) is 7.44. The van der Waals surface area contributed by atoms with E-state index in [1.54, 1.807) is 75.6 Å². The molecule has 25 heteroatoms. The van der Waals surface area contributed by atoms with Gasteiger partial charge in [-0.3, -0.25) is 39.3 Å². The van der Waals surface area contributed by atoms with Crippen LogP contribution in [0.25, 0.3) is 0 Å². The quantitative estimate of drug-likeness (QED) is 0.0479. The Morgan fingerprint density at radius 2 is 1.13 bits per heavy atom. The van der Waals surface area contributed by atoms with E-state index in [0.29, 0.717) is 98.5 Å². The maximum Gasteiger partial charge on any atom is 0.407 e. The van der Waals surface area contributed by atoms with Crippen LogP contribution in [-0.2, 0) is 68.5 Å². The number of amides is 3. The number of Topliss-reactive ketones (excluding diaryl/α,β-unsaturated/α-hetero) is 3. The van der Waals surface area contributed by atoms with E-state index in [9.17, 15) is 59.0 Å². The molecule has 3 unspecified atom stereocenters. The number of ketones is 4. The first-order chi connectivity index (χ1) is 41.6. The Bertz CT molecular complexity index is 2870. The van der Waals surface area contributed by atoms with Crippen molar-refractivity contribution in [3.05, 3.63) is 105 Å². The number of hydrogen-bond acceptors (Lipinski definition) is 21. The molecule has 2 aromatic rings. The smallest absolute Gasteiger partial charge is 0.407 e. The van der Waals surface area contributed by atoms with Crippen molar-refractivity contribution in [3.63, 3.8) is 0 Å². The Kier molecular flexibility index (Phi) is 29.2. The van der Waals surface area contributed by atoms with E-state index in [-0.39, 0.29) is 36.2 Å². The van der Waals surface area contributed by atoms with Crippen molar-refractivity contribution in [2.24, 2.45) is 0 Å². The zero-order chi connectivity index (χ0) is 66.2. The van der Waals surface area contributed by atoms with Crippen LogP contribution in [0.1, 0.15) is 168 Å².